The second-order valence-corrected chi connectivity index (χ2v) is 7.48. The number of hydrogen-bond acceptors (Lipinski definition) is 6. The van der Waals surface area contributed by atoms with Crippen molar-refractivity contribution in [1.82, 2.24) is 9.66 Å². The molecule has 0 fully saturated rings. The third-order valence-corrected chi connectivity index (χ3v) is 4.41. The third kappa shape index (κ3) is 3.48. The highest BCUT2D eigenvalue weighted by Gasteiger charge is 2.23. The van der Waals surface area contributed by atoms with E-state index in [0.29, 0.717) is 22.3 Å². The normalized spacial score (nSPS) is 12.0. The zero-order valence-corrected chi connectivity index (χ0v) is 16.0. The minimum absolute atomic E-state index is 0.151. The molecule has 8 nitrogen and oxygen atoms in total. The summed E-state index contributed by atoms with van der Waals surface area (Å²) >= 11 is 0. The molecule has 0 saturated heterocycles. The average Bonchev–Trinajstić information content (AvgIpc) is 2.61. The van der Waals surface area contributed by atoms with E-state index in [-0.39, 0.29) is 16.5 Å². The van der Waals surface area contributed by atoms with Gasteiger partial charge in [0.25, 0.3) is 5.56 Å². The van der Waals surface area contributed by atoms with Gasteiger partial charge in [0.15, 0.2) is 0 Å². The zero-order valence-electron chi connectivity index (χ0n) is 16.0. The summed E-state index contributed by atoms with van der Waals surface area (Å²) in [5.41, 5.74) is 0.232. The number of fused-ring (bicyclic) bond motifs is 1. The van der Waals surface area contributed by atoms with Gasteiger partial charge in [-0.05, 0) is 36.1 Å². The number of nitro benzene ring substituents is 1. The molecule has 3 aromatic rings. The molecule has 0 aliphatic carbocycles. The monoisotopic (exact) mass is 380 g/mol. The number of para-hydroxylation sites is 1. The highest BCUT2D eigenvalue weighted by atomic mass is 16.6. The summed E-state index contributed by atoms with van der Waals surface area (Å²) in [7, 11) is 0. The molecule has 1 aromatic heterocycles. The van der Waals surface area contributed by atoms with Gasteiger partial charge in [0.05, 0.1) is 22.0 Å². The molecule has 1 N–H and O–H groups in total. The molecule has 2 aromatic carbocycles. The summed E-state index contributed by atoms with van der Waals surface area (Å²) in [6, 6.07) is 9.88. The number of aryl methyl sites for hydroxylation is 1. The summed E-state index contributed by atoms with van der Waals surface area (Å²) in [6.07, 6.45) is 1.24. The van der Waals surface area contributed by atoms with E-state index in [1.54, 1.807) is 37.3 Å². The molecule has 0 aliphatic rings. The van der Waals surface area contributed by atoms with Crippen LogP contribution >= 0.6 is 0 Å². The minimum atomic E-state index is -0.642. The number of phenols is 1. The lowest BCUT2D eigenvalue weighted by molar-refractivity contribution is -0.386. The summed E-state index contributed by atoms with van der Waals surface area (Å²) < 4.78 is 1.11. The maximum Gasteiger partial charge on any atom is 0.311 e. The van der Waals surface area contributed by atoms with Gasteiger partial charge in [0, 0.05) is 11.6 Å². The fourth-order valence-electron chi connectivity index (χ4n) is 2.80. The van der Waals surface area contributed by atoms with Crippen LogP contribution < -0.4 is 5.56 Å². The molecule has 3 rings (SSSR count). The first kappa shape index (κ1) is 19.2. The van der Waals surface area contributed by atoms with Crippen LogP contribution in [0.2, 0.25) is 0 Å². The third-order valence-electron chi connectivity index (χ3n) is 4.41. The van der Waals surface area contributed by atoms with Crippen LogP contribution in [-0.4, -0.2) is 25.9 Å². The van der Waals surface area contributed by atoms with E-state index in [9.17, 15) is 20.0 Å². The SMILES string of the molecule is Cc1nc2ccccc2c(=O)n1N=Cc1cc(C(C)(C)C)cc([N+](=O)[O-])c1O. The minimum Gasteiger partial charge on any atom is -0.502 e. The van der Waals surface area contributed by atoms with Gasteiger partial charge in [-0.15, -0.1) is 0 Å². The van der Waals surface area contributed by atoms with Crippen LogP contribution in [0.15, 0.2) is 46.3 Å². The number of nitrogens with zero attached hydrogens (tertiary/aromatic N) is 4. The number of benzene rings is 2. The molecular formula is C20H20N4O4. The molecule has 0 aliphatic heterocycles. The predicted octanol–water partition coefficient (Wildman–Crippen LogP) is 3.50. The Bertz CT molecular complexity index is 1170. The first-order chi connectivity index (χ1) is 13.1. The first-order valence-corrected chi connectivity index (χ1v) is 8.64. The lowest BCUT2D eigenvalue weighted by Crippen LogP contribution is -2.20. The Hall–Kier alpha value is -3.55. The Morgan fingerprint density at radius 2 is 1.93 bits per heavy atom. The van der Waals surface area contributed by atoms with Crippen LogP contribution in [0.4, 0.5) is 5.69 Å². The van der Waals surface area contributed by atoms with E-state index in [1.165, 1.54) is 12.3 Å². The van der Waals surface area contributed by atoms with Crippen molar-refractivity contribution in [3.63, 3.8) is 0 Å². The number of rotatable bonds is 3. The number of aromatic nitrogens is 2. The van der Waals surface area contributed by atoms with E-state index in [1.807, 2.05) is 20.8 Å². The topological polar surface area (TPSA) is 111 Å². The zero-order chi connectivity index (χ0) is 20.6. The molecule has 0 bridgehead atoms. The molecule has 0 atom stereocenters. The summed E-state index contributed by atoms with van der Waals surface area (Å²) in [6.45, 7) is 7.36. The van der Waals surface area contributed by atoms with Crippen molar-refractivity contribution in [2.45, 2.75) is 33.1 Å². The molecule has 144 valence electrons. The van der Waals surface area contributed by atoms with E-state index in [0.717, 1.165) is 4.68 Å². The van der Waals surface area contributed by atoms with Gasteiger partial charge in [-0.3, -0.25) is 14.9 Å². The summed E-state index contributed by atoms with van der Waals surface area (Å²) in [5.74, 6) is -0.137. The molecule has 1 heterocycles. The summed E-state index contributed by atoms with van der Waals surface area (Å²) in [5, 5.41) is 26.2. The van der Waals surface area contributed by atoms with Crippen molar-refractivity contribution in [2.24, 2.45) is 5.10 Å². The quantitative estimate of drug-likeness (QED) is 0.425. The van der Waals surface area contributed by atoms with Crippen LogP contribution in [0.3, 0.4) is 0 Å². The molecule has 0 saturated carbocycles. The van der Waals surface area contributed by atoms with Crippen molar-refractivity contribution in [2.75, 3.05) is 0 Å². The number of phenolic OH excluding ortho intramolecular Hbond substituents is 1. The Balaban J connectivity index is 2.18. The number of aromatic hydroxyl groups is 1. The Morgan fingerprint density at radius 3 is 2.57 bits per heavy atom. The molecule has 0 unspecified atom stereocenters. The van der Waals surface area contributed by atoms with E-state index < -0.39 is 16.4 Å². The first-order valence-electron chi connectivity index (χ1n) is 8.64. The lowest BCUT2D eigenvalue weighted by atomic mass is 9.85. The predicted molar refractivity (Wildman–Crippen MR) is 107 cm³/mol. The van der Waals surface area contributed by atoms with Gasteiger partial charge in [0.1, 0.15) is 5.82 Å². The van der Waals surface area contributed by atoms with Gasteiger partial charge >= 0.3 is 5.69 Å². The van der Waals surface area contributed by atoms with Crippen LogP contribution in [-0.2, 0) is 5.41 Å². The van der Waals surface area contributed by atoms with Crippen LogP contribution in [0.1, 0.15) is 37.7 Å². The van der Waals surface area contributed by atoms with Crippen LogP contribution in [0.5, 0.6) is 5.75 Å². The van der Waals surface area contributed by atoms with Gasteiger partial charge in [0.2, 0.25) is 5.75 Å². The smallest absolute Gasteiger partial charge is 0.311 e. The van der Waals surface area contributed by atoms with Crippen LogP contribution in [0, 0.1) is 17.0 Å². The maximum absolute atomic E-state index is 12.7. The molecule has 0 radical (unpaired) electrons. The van der Waals surface area contributed by atoms with E-state index in [4.69, 9.17) is 0 Å². The number of hydrogen-bond donors (Lipinski definition) is 1. The molecule has 0 amide bonds. The molecule has 0 spiro atoms. The van der Waals surface area contributed by atoms with Gasteiger partial charge in [-0.2, -0.15) is 9.78 Å². The second-order valence-electron chi connectivity index (χ2n) is 7.48. The Labute approximate surface area is 160 Å². The van der Waals surface area contributed by atoms with Crippen molar-refractivity contribution >= 4 is 22.8 Å². The molecule has 28 heavy (non-hydrogen) atoms. The summed E-state index contributed by atoms with van der Waals surface area (Å²) in [4.78, 5) is 27.7. The Morgan fingerprint density at radius 1 is 1.25 bits per heavy atom. The van der Waals surface area contributed by atoms with E-state index >= 15 is 0 Å². The van der Waals surface area contributed by atoms with Crippen LogP contribution in [0.25, 0.3) is 10.9 Å². The molecule has 8 heteroatoms. The average molecular weight is 380 g/mol. The fraction of sp³-hybridized carbons (Fsp3) is 0.250. The van der Waals surface area contributed by atoms with Gasteiger partial charge in [-0.1, -0.05) is 32.9 Å². The highest BCUT2D eigenvalue weighted by Crippen LogP contribution is 2.35. The van der Waals surface area contributed by atoms with Crippen molar-refractivity contribution < 1.29 is 10.0 Å². The lowest BCUT2D eigenvalue weighted by Gasteiger charge is -2.19. The maximum atomic E-state index is 12.7. The highest BCUT2D eigenvalue weighted by molar-refractivity contribution is 5.86. The number of nitro groups is 1. The largest absolute Gasteiger partial charge is 0.502 e. The standard InChI is InChI=1S/C20H20N4O4/c1-12-22-16-8-6-5-7-15(16)19(26)23(12)21-11-13-9-14(20(2,3)4)10-17(18(13)25)24(27)28/h5-11,25H,1-4H3. The molecular weight excluding hydrogens is 360 g/mol. The Kier molecular flexibility index (Phi) is 4.72. The van der Waals surface area contributed by atoms with Crippen molar-refractivity contribution in [3.8, 4) is 5.75 Å². The van der Waals surface area contributed by atoms with Gasteiger partial charge in [-0.25, -0.2) is 4.98 Å². The van der Waals surface area contributed by atoms with E-state index in [2.05, 4.69) is 10.1 Å². The van der Waals surface area contributed by atoms with Crippen molar-refractivity contribution in [1.29, 1.82) is 0 Å². The second kappa shape index (κ2) is 6.88. The van der Waals surface area contributed by atoms with Gasteiger partial charge < -0.3 is 5.11 Å². The fourth-order valence-corrected chi connectivity index (χ4v) is 2.80. The van der Waals surface area contributed by atoms with Crippen molar-refractivity contribution in [3.05, 3.63) is 73.8 Å².